The second-order valence-corrected chi connectivity index (χ2v) is 6.51. The average molecular weight is 259 g/mol. The molecule has 0 aliphatic heterocycles. The number of aryl methyl sites for hydroxylation is 1. The van der Waals surface area contributed by atoms with Gasteiger partial charge in [0.15, 0.2) is 0 Å². The largest absolute Gasteiger partial charge is 0.328 e. The monoisotopic (exact) mass is 259 g/mol. The molecule has 1 heteroatoms. The standard InChI is InChI=1S/C18H29N/c1-15-11-12-17(14-18(19)13-15)10-6-5-9-16-7-3-2-4-8-16/h2-4,7-8,15,17-18H,5-6,9-14,19H2,1H3/t15-,17-,18-/m0/s1. The molecular weight excluding hydrogens is 230 g/mol. The zero-order valence-electron chi connectivity index (χ0n) is 12.4. The number of nitrogens with two attached hydrogens (primary N) is 1. The van der Waals surface area contributed by atoms with Crippen molar-refractivity contribution in [3.05, 3.63) is 35.9 Å². The van der Waals surface area contributed by atoms with Gasteiger partial charge in [0, 0.05) is 6.04 Å². The minimum absolute atomic E-state index is 0.455. The minimum Gasteiger partial charge on any atom is -0.328 e. The molecule has 0 spiro atoms. The maximum atomic E-state index is 6.21. The number of hydrogen-bond donors (Lipinski definition) is 1. The first-order valence-electron chi connectivity index (χ1n) is 8.03. The minimum atomic E-state index is 0.455. The summed E-state index contributed by atoms with van der Waals surface area (Å²) < 4.78 is 0. The van der Waals surface area contributed by atoms with E-state index in [0.717, 1.165) is 11.8 Å². The molecule has 0 aromatic heterocycles. The normalized spacial score (nSPS) is 28.0. The molecule has 0 heterocycles. The third-order valence-corrected chi connectivity index (χ3v) is 4.58. The number of unbranched alkanes of at least 4 members (excludes halogenated alkanes) is 1. The van der Waals surface area contributed by atoms with Crippen LogP contribution in [0.3, 0.4) is 0 Å². The van der Waals surface area contributed by atoms with Crippen molar-refractivity contribution in [3.8, 4) is 0 Å². The summed E-state index contributed by atoms with van der Waals surface area (Å²) in [6.45, 7) is 2.36. The Morgan fingerprint density at radius 3 is 2.63 bits per heavy atom. The van der Waals surface area contributed by atoms with Crippen LogP contribution in [0, 0.1) is 11.8 Å². The highest BCUT2D eigenvalue weighted by Gasteiger charge is 2.20. The first kappa shape index (κ1) is 14.6. The topological polar surface area (TPSA) is 26.0 Å². The molecule has 1 aromatic carbocycles. The summed E-state index contributed by atoms with van der Waals surface area (Å²) >= 11 is 0. The summed E-state index contributed by atoms with van der Waals surface area (Å²) in [5.41, 5.74) is 7.69. The van der Waals surface area contributed by atoms with E-state index in [0.29, 0.717) is 6.04 Å². The number of hydrogen-bond acceptors (Lipinski definition) is 1. The Balaban J connectivity index is 1.65. The average Bonchev–Trinajstić information content (AvgIpc) is 2.57. The van der Waals surface area contributed by atoms with Crippen molar-refractivity contribution in [1.29, 1.82) is 0 Å². The predicted molar refractivity (Wildman–Crippen MR) is 83.1 cm³/mol. The van der Waals surface area contributed by atoms with Gasteiger partial charge in [0.1, 0.15) is 0 Å². The van der Waals surface area contributed by atoms with Crippen molar-refractivity contribution in [2.24, 2.45) is 17.6 Å². The van der Waals surface area contributed by atoms with Gasteiger partial charge in [-0.15, -0.1) is 0 Å². The highest BCUT2D eigenvalue weighted by Crippen LogP contribution is 2.29. The summed E-state index contributed by atoms with van der Waals surface area (Å²) in [5.74, 6) is 1.72. The summed E-state index contributed by atoms with van der Waals surface area (Å²) in [5, 5.41) is 0. The van der Waals surface area contributed by atoms with Crippen LogP contribution in [-0.2, 0) is 6.42 Å². The van der Waals surface area contributed by atoms with Gasteiger partial charge in [-0.3, -0.25) is 0 Å². The van der Waals surface area contributed by atoms with Crippen LogP contribution >= 0.6 is 0 Å². The molecule has 0 saturated heterocycles. The van der Waals surface area contributed by atoms with E-state index in [-0.39, 0.29) is 0 Å². The van der Waals surface area contributed by atoms with Crippen molar-refractivity contribution in [2.75, 3.05) is 0 Å². The molecule has 2 N–H and O–H groups in total. The van der Waals surface area contributed by atoms with E-state index < -0.39 is 0 Å². The van der Waals surface area contributed by atoms with E-state index in [1.807, 2.05) is 0 Å². The predicted octanol–water partition coefficient (Wildman–Crippen LogP) is 4.55. The molecule has 19 heavy (non-hydrogen) atoms. The molecule has 0 unspecified atom stereocenters. The van der Waals surface area contributed by atoms with E-state index in [1.54, 1.807) is 0 Å². The Morgan fingerprint density at radius 2 is 1.84 bits per heavy atom. The van der Waals surface area contributed by atoms with Crippen LogP contribution in [0.25, 0.3) is 0 Å². The summed E-state index contributed by atoms with van der Waals surface area (Å²) in [6, 6.07) is 11.3. The van der Waals surface area contributed by atoms with Gasteiger partial charge in [-0.2, -0.15) is 0 Å². The molecule has 0 radical (unpaired) electrons. The van der Waals surface area contributed by atoms with Crippen LogP contribution in [0.15, 0.2) is 30.3 Å². The summed E-state index contributed by atoms with van der Waals surface area (Å²) in [7, 11) is 0. The van der Waals surface area contributed by atoms with Crippen molar-refractivity contribution in [3.63, 3.8) is 0 Å². The summed E-state index contributed by atoms with van der Waals surface area (Å²) in [4.78, 5) is 0. The molecule has 106 valence electrons. The zero-order valence-corrected chi connectivity index (χ0v) is 12.4. The van der Waals surface area contributed by atoms with Gasteiger partial charge in [-0.1, -0.05) is 62.9 Å². The first-order valence-corrected chi connectivity index (χ1v) is 8.03. The Bertz CT molecular complexity index is 346. The molecule has 2 rings (SSSR count). The fourth-order valence-corrected chi connectivity index (χ4v) is 3.47. The molecule has 1 nitrogen and oxygen atoms in total. The van der Waals surface area contributed by atoms with E-state index in [1.165, 1.54) is 56.9 Å². The lowest BCUT2D eigenvalue weighted by molar-refractivity contribution is 0.390. The van der Waals surface area contributed by atoms with Gasteiger partial charge in [-0.25, -0.2) is 0 Å². The van der Waals surface area contributed by atoms with Crippen molar-refractivity contribution in [1.82, 2.24) is 0 Å². The molecule has 3 atom stereocenters. The lowest BCUT2D eigenvalue weighted by Gasteiger charge is -2.16. The van der Waals surface area contributed by atoms with E-state index >= 15 is 0 Å². The van der Waals surface area contributed by atoms with E-state index in [9.17, 15) is 0 Å². The zero-order chi connectivity index (χ0) is 13.5. The van der Waals surface area contributed by atoms with Crippen LogP contribution in [0.1, 0.15) is 57.4 Å². The van der Waals surface area contributed by atoms with Crippen LogP contribution in [0.2, 0.25) is 0 Å². The lowest BCUT2D eigenvalue weighted by atomic mass is 9.92. The quantitative estimate of drug-likeness (QED) is 0.609. The van der Waals surface area contributed by atoms with Crippen LogP contribution < -0.4 is 5.73 Å². The van der Waals surface area contributed by atoms with Crippen LogP contribution in [0.4, 0.5) is 0 Å². The van der Waals surface area contributed by atoms with E-state index in [2.05, 4.69) is 37.3 Å². The smallest absolute Gasteiger partial charge is 0.00440 e. The fraction of sp³-hybridized carbons (Fsp3) is 0.667. The van der Waals surface area contributed by atoms with Gasteiger partial charge < -0.3 is 5.73 Å². The third kappa shape index (κ3) is 5.36. The van der Waals surface area contributed by atoms with Crippen LogP contribution in [0.5, 0.6) is 0 Å². The first-order chi connectivity index (χ1) is 9.24. The maximum Gasteiger partial charge on any atom is 0.00440 e. The SMILES string of the molecule is C[C@H]1CC[C@H](CCCCc2ccccc2)C[C@@H](N)C1. The lowest BCUT2D eigenvalue weighted by Crippen LogP contribution is -2.23. The van der Waals surface area contributed by atoms with Gasteiger partial charge in [0.2, 0.25) is 0 Å². The Labute approximate surface area is 118 Å². The molecule has 1 aliphatic carbocycles. The number of benzene rings is 1. The van der Waals surface area contributed by atoms with Crippen molar-refractivity contribution >= 4 is 0 Å². The summed E-state index contributed by atoms with van der Waals surface area (Å²) in [6.07, 6.45) is 10.6. The van der Waals surface area contributed by atoms with E-state index in [4.69, 9.17) is 5.73 Å². The van der Waals surface area contributed by atoms with Gasteiger partial charge >= 0.3 is 0 Å². The van der Waals surface area contributed by atoms with Crippen molar-refractivity contribution in [2.45, 2.75) is 64.3 Å². The highest BCUT2D eigenvalue weighted by molar-refractivity contribution is 5.14. The maximum absolute atomic E-state index is 6.21. The molecule has 0 bridgehead atoms. The molecular formula is C18H29N. The Hall–Kier alpha value is -0.820. The van der Waals surface area contributed by atoms with Crippen molar-refractivity contribution < 1.29 is 0 Å². The molecule has 1 fully saturated rings. The Morgan fingerprint density at radius 1 is 1.05 bits per heavy atom. The number of rotatable bonds is 5. The molecule has 1 aromatic rings. The highest BCUT2D eigenvalue weighted by atomic mass is 14.6. The van der Waals surface area contributed by atoms with Gasteiger partial charge in [0.05, 0.1) is 0 Å². The molecule has 0 amide bonds. The second kappa shape index (κ2) is 7.69. The third-order valence-electron chi connectivity index (χ3n) is 4.58. The van der Waals surface area contributed by atoms with Crippen LogP contribution in [-0.4, -0.2) is 6.04 Å². The second-order valence-electron chi connectivity index (χ2n) is 6.51. The molecule has 1 saturated carbocycles. The van der Waals surface area contributed by atoms with Gasteiger partial charge in [-0.05, 0) is 43.1 Å². The Kier molecular flexibility index (Phi) is 5.91. The fourth-order valence-electron chi connectivity index (χ4n) is 3.47. The molecule has 1 aliphatic rings. The van der Waals surface area contributed by atoms with Gasteiger partial charge in [0.25, 0.3) is 0 Å².